The minimum atomic E-state index is -0.147. The lowest BCUT2D eigenvalue weighted by Crippen LogP contribution is -2.32. The topological polar surface area (TPSA) is 72.5 Å². The Balaban J connectivity index is 1.48. The second-order valence-electron chi connectivity index (χ2n) is 7.93. The second-order valence-corrected chi connectivity index (χ2v) is 8.87. The van der Waals surface area contributed by atoms with Crippen molar-refractivity contribution in [1.82, 2.24) is 19.2 Å². The van der Waals surface area contributed by atoms with Crippen molar-refractivity contribution in [3.63, 3.8) is 0 Å². The van der Waals surface area contributed by atoms with Gasteiger partial charge in [-0.2, -0.15) is 0 Å². The number of benzene rings is 3. The SMILES string of the molecule is C=CCn1c(=O)c2ccccc2n2c(SCC(=O)N(Cc3ccccc3)c3ccccc3)nnc12. The van der Waals surface area contributed by atoms with Crippen LogP contribution >= 0.6 is 11.8 Å². The molecule has 0 aliphatic heterocycles. The van der Waals surface area contributed by atoms with E-state index in [1.165, 1.54) is 11.8 Å². The summed E-state index contributed by atoms with van der Waals surface area (Å²) in [6, 6.07) is 26.9. The van der Waals surface area contributed by atoms with E-state index in [1.54, 1.807) is 21.6 Å². The van der Waals surface area contributed by atoms with E-state index in [-0.39, 0.29) is 17.2 Å². The van der Waals surface area contributed by atoms with Gasteiger partial charge in [-0.25, -0.2) is 0 Å². The van der Waals surface area contributed by atoms with Crippen LogP contribution in [0.2, 0.25) is 0 Å². The molecule has 0 spiro atoms. The van der Waals surface area contributed by atoms with Gasteiger partial charge in [-0.05, 0) is 29.8 Å². The zero-order valence-corrected chi connectivity index (χ0v) is 19.8. The van der Waals surface area contributed by atoms with Crippen LogP contribution in [-0.2, 0) is 17.9 Å². The summed E-state index contributed by atoms with van der Waals surface area (Å²) >= 11 is 1.30. The predicted molar refractivity (Wildman–Crippen MR) is 140 cm³/mol. The number of amides is 1. The number of fused-ring (bicyclic) bond motifs is 3. The molecule has 0 saturated carbocycles. The van der Waals surface area contributed by atoms with Crippen LogP contribution in [-0.4, -0.2) is 30.8 Å². The first-order valence-corrected chi connectivity index (χ1v) is 12.2. The van der Waals surface area contributed by atoms with Gasteiger partial charge in [-0.15, -0.1) is 16.8 Å². The summed E-state index contributed by atoms with van der Waals surface area (Å²) in [6.45, 7) is 4.54. The normalized spacial score (nSPS) is 11.1. The van der Waals surface area contributed by atoms with Gasteiger partial charge in [0.15, 0.2) is 5.16 Å². The molecule has 5 aromatic rings. The highest BCUT2D eigenvalue weighted by Crippen LogP contribution is 2.24. The molecule has 0 N–H and O–H groups in total. The van der Waals surface area contributed by atoms with E-state index in [0.29, 0.717) is 34.9 Å². The number of rotatable bonds is 8. The molecule has 35 heavy (non-hydrogen) atoms. The molecule has 3 aromatic carbocycles. The van der Waals surface area contributed by atoms with Gasteiger partial charge in [0.1, 0.15) is 0 Å². The van der Waals surface area contributed by atoms with Gasteiger partial charge in [-0.1, -0.05) is 78.5 Å². The van der Waals surface area contributed by atoms with E-state index < -0.39 is 0 Å². The molecular weight excluding hydrogens is 458 g/mol. The van der Waals surface area contributed by atoms with Crippen LogP contribution in [0.3, 0.4) is 0 Å². The Morgan fingerprint density at radius 1 is 0.943 bits per heavy atom. The van der Waals surface area contributed by atoms with Crippen molar-refractivity contribution in [3.05, 3.63) is 114 Å². The van der Waals surface area contributed by atoms with Crippen LogP contribution in [0.1, 0.15) is 5.56 Å². The summed E-state index contributed by atoms with van der Waals surface area (Å²) in [5.41, 5.74) is 2.43. The summed E-state index contributed by atoms with van der Waals surface area (Å²) in [4.78, 5) is 28.2. The predicted octanol–water partition coefficient (Wildman–Crippen LogP) is 4.56. The van der Waals surface area contributed by atoms with E-state index in [2.05, 4.69) is 16.8 Å². The zero-order chi connectivity index (χ0) is 24.2. The van der Waals surface area contributed by atoms with E-state index in [1.807, 2.05) is 83.3 Å². The van der Waals surface area contributed by atoms with Gasteiger partial charge in [0.25, 0.3) is 5.56 Å². The maximum Gasteiger partial charge on any atom is 0.263 e. The average Bonchev–Trinajstić information content (AvgIpc) is 3.33. The van der Waals surface area contributed by atoms with E-state index in [9.17, 15) is 9.59 Å². The summed E-state index contributed by atoms with van der Waals surface area (Å²) < 4.78 is 3.38. The third kappa shape index (κ3) is 4.48. The molecule has 0 saturated heterocycles. The van der Waals surface area contributed by atoms with Crippen LogP contribution < -0.4 is 10.5 Å². The lowest BCUT2D eigenvalue weighted by atomic mass is 10.2. The summed E-state index contributed by atoms with van der Waals surface area (Å²) in [5, 5.41) is 9.72. The Labute approximate surface area is 206 Å². The minimum absolute atomic E-state index is 0.0504. The highest BCUT2D eigenvalue weighted by atomic mass is 32.2. The molecule has 1 amide bonds. The van der Waals surface area contributed by atoms with Crippen molar-refractivity contribution in [2.24, 2.45) is 0 Å². The van der Waals surface area contributed by atoms with Gasteiger partial charge < -0.3 is 4.90 Å². The lowest BCUT2D eigenvalue weighted by molar-refractivity contribution is -0.116. The van der Waals surface area contributed by atoms with Crippen molar-refractivity contribution in [2.45, 2.75) is 18.2 Å². The van der Waals surface area contributed by atoms with Crippen LogP contribution in [0.5, 0.6) is 0 Å². The first kappa shape index (κ1) is 22.6. The van der Waals surface area contributed by atoms with E-state index in [4.69, 9.17) is 0 Å². The molecule has 7 nitrogen and oxygen atoms in total. The quantitative estimate of drug-likeness (QED) is 0.240. The van der Waals surface area contributed by atoms with Gasteiger partial charge in [0.05, 0.1) is 23.2 Å². The smallest absolute Gasteiger partial charge is 0.263 e. The third-order valence-corrected chi connectivity index (χ3v) is 6.58. The number of thioether (sulfide) groups is 1. The van der Waals surface area contributed by atoms with E-state index in [0.717, 1.165) is 11.3 Å². The Morgan fingerprint density at radius 3 is 2.37 bits per heavy atom. The Kier molecular flexibility index (Phi) is 6.45. The number of aromatic nitrogens is 4. The molecular formula is C27H23N5O2S. The van der Waals surface area contributed by atoms with Crippen LogP contribution in [0.25, 0.3) is 16.7 Å². The number of allylic oxidation sites excluding steroid dienone is 1. The van der Waals surface area contributed by atoms with Crippen LogP contribution in [0, 0.1) is 0 Å². The largest absolute Gasteiger partial charge is 0.307 e. The molecule has 174 valence electrons. The third-order valence-electron chi connectivity index (χ3n) is 5.67. The average molecular weight is 482 g/mol. The fourth-order valence-corrected chi connectivity index (χ4v) is 4.84. The van der Waals surface area contributed by atoms with Gasteiger partial charge in [0, 0.05) is 12.2 Å². The number of hydrogen-bond donors (Lipinski definition) is 0. The van der Waals surface area contributed by atoms with Gasteiger partial charge >= 0.3 is 0 Å². The molecule has 8 heteroatoms. The molecule has 0 aliphatic carbocycles. The van der Waals surface area contributed by atoms with E-state index >= 15 is 0 Å². The highest BCUT2D eigenvalue weighted by molar-refractivity contribution is 7.99. The standard InChI is InChI=1S/C27H23N5O2S/c1-2-17-30-25(34)22-15-9-10-16-23(22)32-26(30)28-29-27(32)35-19-24(33)31(21-13-7-4-8-14-21)18-20-11-5-3-6-12-20/h2-16H,1,17-19H2. The number of carbonyl (C=O) groups is 1. The van der Waals surface area contributed by atoms with Crippen molar-refractivity contribution in [3.8, 4) is 0 Å². The van der Waals surface area contributed by atoms with Gasteiger partial charge in [-0.3, -0.25) is 18.6 Å². The summed E-state index contributed by atoms with van der Waals surface area (Å²) in [5.74, 6) is 0.538. The second kappa shape index (κ2) is 9.99. The first-order valence-electron chi connectivity index (χ1n) is 11.2. The minimum Gasteiger partial charge on any atom is -0.307 e. The molecule has 0 unspecified atom stereocenters. The Morgan fingerprint density at radius 2 is 1.63 bits per heavy atom. The van der Waals surface area contributed by atoms with Crippen molar-refractivity contribution in [1.29, 1.82) is 0 Å². The maximum absolute atomic E-state index is 13.4. The zero-order valence-electron chi connectivity index (χ0n) is 18.9. The number of anilines is 1. The monoisotopic (exact) mass is 481 g/mol. The molecule has 0 radical (unpaired) electrons. The number of para-hydroxylation sites is 2. The maximum atomic E-state index is 13.4. The fourth-order valence-electron chi connectivity index (χ4n) is 4.02. The Bertz CT molecular complexity index is 1560. The highest BCUT2D eigenvalue weighted by Gasteiger charge is 2.20. The molecule has 5 rings (SSSR count). The molecule has 0 fully saturated rings. The van der Waals surface area contributed by atoms with Crippen LogP contribution in [0.4, 0.5) is 5.69 Å². The molecule has 0 aliphatic rings. The number of hydrogen-bond acceptors (Lipinski definition) is 5. The Hall–Kier alpha value is -4.17. The molecule has 2 aromatic heterocycles. The number of nitrogens with zero attached hydrogens (tertiary/aromatic N) is 5. The van der Waals surface area contributed by atoms with Crippen LogP contribution in [0.15, 0.2) is 108 Å². The summed E-state index contributed by atoms with van der Waals surface area (Å²) in [6.07, 6.45) is 1.66. The molecule has 2 heterocycles. The lowest BCUT2D eigenvalue weighted by Gasteiger charge is -2.23. The first-order chi connectivity index (χ1) is 17.2. The molecule has 0 atom stereocenters. The number of carbonyl (C=O) groups excluding carboxylic acids is 1. The van der Waals surface area contributed by atoms with Crippen molar-refractivity contribution in [2.75, 3.05) is 10.7 Å². The molecule has 0 bridgehead atoms. The fraction of sp³-hybridized carbons (Fsp3) is 0.111. The summed E-state index contributed by atoms with van der Waals surface area (Å²) in [7, 11) is 0. The van der Waals surface area contributed by atoms with Crippen molar-refractivity contribution < 1.29 is 4.79 Å². The van der Waals surface area contributed by atoms with Gasteiger partial charge in [0.2, 0.25) is 11.7 Å². The van der Waals surface area contributed by atoms with Crippen molar-refractivity contribution >= 4 is 40.0 Å².